The molecule has 0 radical (unpaired) electrons. The zero-order valence-electron chi connectivity index (χ0n) is 12.6. The lowest BCUT2D eigenvalue weighted by Crippen LogP contribution is -2.32. The van der Waals surface area contributed by atoms with Crippen molar-refractivity contribution >= 4 is 17.6 Å². The number of piperidine rings is 1. The maximum absolute atomic E-state index is 6.33. The van der Waals surface area contributed by atoms with Crippen molar-refractivity contribution in [2.45, 2.75) is 49.8 Å². The van der Waals surface area contributed by atoms with Gasteiger partial charge in [0.1, 0.15) is 0 Å². The minimum absolute atomic E-state index is 0.0413. The highest BCUT2D eigenvalue weighted by Crippen LogP contribution is 2.34. The highest BCUT2D eigenvalue weighted by atomic mass is 32.2. The highest BCUT2D eigenvalue weighted by Gasteiger charge is 2.22. The average molecular weight is 306 g/mol. The zero-order chi connectivity index (χ0) is 14.5. The predicted molar refractivity (Wildman–Crippen MR) is 90.3 cm³/mol. The second-order valence-electron chi connectivity index (χ2n) is 6.19. The predicted octanol–water partition coefficient (Wildman–Crippen LogP) is 3.18. The fraction of sp³-hybridized carbons (Fsp3) is 0.688. The number of anilines is 1. The van der Waals surface area contributed by atoms with Gasteiger partial charge >= 0.3 is 0 Å². The van der Waals surface area contributed by atoms with Crippen molar-refractivity contribution in [2.24, 2.45) is 5.73 Å². The van der Waals surface area contributed by atoms with Crippen molar-refractivity contribution in [2.75, 3.05) is 24.4 Å². The molecule has 21 heavy (non-hydrogen) atoms. The van der Waals surface area contributed by atoms with Crippen molar-refractivity contribution in [1.29, 1.82) is 0 Å². The number of rotatable bonds is 7. The Morgan fingerprint density at radius 3 is 2.90 bits per heavy atom. The first-order valence-electron chi connectivity index (χ1n) is 8.17. The first-order chi connectivity index (χ1) is 10.3. The molecule has 1 aliphatic heterocycles. The van der Waals surface area contributed by atoms with Gasteiger partial charge in [-0.05, 0) is 75.8 Å². The number of aromatic nitrogens is 1. The molecule has 0 aromatic carbocycles. The summed E-state index contributed by atoms with van der Waals surface area (Å²) in [6, 6.07) is 4.17. The van der Waals surface area contributed by atoms with Crippen molar-refractivity contribution < 1.29 is 0 Å². The molecule has 1 saturated heterocycles. The van der Waals surface area contributed by atoms with Crippen LogP contribution in [0.1, 0.15) is 50.3 Å². The van der Waals surface area contributed by atoms with Crippen molar-refractivity contribution in [3.63, 3.8) is 0 Å². The molecule has 3 rings (SSSR count). The van der Waals surface area contributed by atoms with Gasteiger partial charge in [-0.15, -0.1) is 0 Å². The zero-order valence-corrected chi connectivity index (χ0v) is 13.4. The molecule has 1 aliphatic carbocycles. The normalized spacial score (nSPS) is 21.2. The molecule has 0 bridgehead atoms. The lowest BCUT2D eigenvalue weighted by molar-refractivity contribution is 0.221. The van der Waals surface area contributed by atoms with E-state index >= 15 is 0 Å². The Hall–Kier alpha value is -0.780. The number of nitrogens with two attached hydrogens (primary N) is 1. The summed E-state index contributed by atoms with van der Waals surface area (Å²) in [5, 5.41) is 0.800. The van der Waals surface area contributed by atoms with E-state index in [-0.39, 0.29) is 6.04 Å². The van der Waals surface area contributed by atoms with Crippen LogP contribution in [-0.2, 0) is 0 Å². The molecular weight excluding hydrogens is 280 g/mol. The van der Waals surface area contributed by atoms with Crippen molar-refractivity contribution in [3.8, 4) is 0 Å². The summed E-state index contributed by atoms with van der Waals surface area (Å²) < 4.78 is 3.42. The van der Waals surface area contributed by atoms with Crippen molar-refractivity contribution in [1.82, 2.24) is 9.88 Å². The lowest BCUT2D eigenvalue weighted by Gasteiger charge is -2.27. The van der Waals surface area contributed by atoms with E-state index in [4.69, 9.17) is 5.73 Å². The minimum Gasteiger partial charge on any atom is -0.329 e. The molecule has 1 atom stereocenters. The number of nitrogens with zero attached hydrogens (tertiary/aromatic N) is 2. The van der Waals surface area contributed by atoms with E-state index in [2.05, 4.69) is 20.7 Å². The Bertz CT molecular complexity index is 444. The number of hydrogen-bond donors (Lipinski definition) is 2. The minimum atomic E-state index is 0.0413. The Kier molecular flexibility index (Phi) is 5.38. The van der Waals surface area contributed by atoms with Crippen LogP contribution in [0, 0.1) is 0 Å². The number of nitrogens with one attached hydrogen (secondary N) is 1. The van der Waals surface area contributed by atoms with Gasteiger partial charge in [-0.3, -0.25) is 4.98 Å². The first kappa shape index (κ1) is 15.1. The van der Waals surface area contributed by atoms with Crippen LogP contribution >= 0.6 is 11.9 Å². The van der Waals surface area contributed by atoms with E-state index in [1.807, 2.05) is 24.2 Å². The van der Waals surface area contributed by atoms with E-state index in [0.29, 0.717) is 0 Å². The third kappa shape index (κ3) is 4.87. The van der Waals surface area contributed by atoms with Gasteiger partial charge in [-0.2, -0.15) is 0 Å². The summed E-state index contributed by atoms with van der Waals surface area (Å²) in [5.74, 6) is 0. The van der Waals surface area contributed by atoms with Gasteiger partial charge in [0.05, 0.1) is 5.69 Å². The molecule has 2 fully saturated rings. The Labute approximate surface area is 132 Å². The molecule has 5 heteroatoms. The Morgan fingerprint density at radius 1 is 1.33 bits per heavy atom. The summed E-state index contributed by atoms with van der Waals surface area (Å²) in [5.41, 5.74) is 8.46. The number of likely N-dealkylation sites (tertiary alicyclic amines) is 1. The van der Waals surface area contributed by atoms with Crippen LogP contribution in [0.5, 0.6) is 0 Å². The largest absolute Gasteiger partial charge is 0.329 e. The Balaban J connectivity index is 1.48. The summed E-state index contributed by atoms with van der Waals surface area (Å²) in [7, 11) is 0. The van der Waals surface area contributed by atoms with Gasteiger partial charge in [0.2, 0.25) is 0 Å². The monoisotopic (exact) mass is 306 g/mol. The number of pyridine rings is 1. The molecule has 116 valence electrons. The topological polar surface area (TPSA) is 54.2 Å². The lowest BCUT2D eigenvalue weighted by atomic mass is 10.1. The standard InChI is InChI=1S/C16H26N4S/c17-15(7-11-20-9-2-1-3-10-20)16-12-13(6-8-18-16)19-21-14-4-5-14/h6,8,12,14-15H,1-5,7,9-11,17H2,(H,18,19). The second kappa shape index (κ2) is 7.47. The summed E-state index contributed by atoms with van der Waals surface area (Å²) in [4.78, 5) is 6.99. The van der Waals surface area contributed by atoms with Gasteiger partial charge in [0.15, 0.2) is 0 Å². The van der Waals surface area contributed by atoms with Crippen LogP contribution in [0.2, 0.25) is 0 Å². The quantitative estimate of drug-likeness (QED) is 0.758. The SMILES string of the molecule is NC(CCN1CCCCC1)c1cc(NSC2CC2)ccn1. The molecule has 1 aromatic rings. The van der Waals surface area contributed by atoms with Crippen LogP contribution < -0.4 is 10.5 Å². The van der Waals surface area contributed by atoms with E-state index in [0.717, 1.165) is 29.6 Å². The third-order valence-electron chi connectivity index (χ3n) is 4.23. The van der Waals surface area contributed by atoms with Crippen LogP contribution in [0.15, 0.2) is 18.3 Å². The van der Waals surface area contributed by atoms with Gasteiger partial charge in [0, 0.05) is 23.2 Å². The fourth-order valence-electron chi connectivity index (χ4n) is 2.70. The maximum atomic E-state index is 6.33. The smallest absolute Gasteiger partial charge is 0.0592 e. The van der Waals surface area contributed by atoms with Gasteiger partial charge in [-0.25, -0.2) is 0 Å². The summed E-state index contributed by atoms with van der Waals surface area (Å²) in [6.45, 7) is 3.57. The third-order valence-corrected chi connectivity index (χ3v) is 5.39. The van der Waals surface area contributed by atoms with E-state index in [9.17, 15) is 0 Å². The molecular formula is C16H26N4S. The van der Waals surface area contributed by atoms with E-state index in [1.165, 1.54) is 45.2 Å². The van der Waals surface area contributed by atoms with Crippen LogP contribution in [0.4, 0.5) is 5.69 Å². The molecule has 0 spiro atoms. The molecule has 3 N–H and O–H groups in total. The molecule has 2 heterocycles. The second-order valence-corrected chi connectivity index (χ2v) is 7.29. The molecule has 1 saturated carbocycles. The average Bonchev–Trinajstić information content (AvgIpc) is 3.36. The van der Waals surface area contributed by atoms with Crippen LogP contribution in [0.3, 0.4) is 0 Å². The van der Waals surface area contributed by atoms with Crippen molar-refractivity contribution in [3.05, 3.63) is 24.0 Å². The fourth-order valence-corrected chi connectivity index (χ4v) is 3.51. The first-order valence-corrected chi connectivity index (χ1v) is 9.05. The molecule has 0 amide bonds. The van der Waals surface area contributed by atoms with Crippen LogP contribution in [-0.4, -0.2) is 34.8 Å². The summed E-state index contributed by atoms with van der Waals surface area (Å²) >= 11 is 1.83. The maximum Gasteiger partial charge on any atom is 0.0592 e. The molecule has 2 aliphatic rings. The van der Waals surface area contributed by atoms with Gasteiger partial charge in [0.25, 0.3) is 0 Å². The van der Waals surface area contributed by atoms with Crippen LogP contribution in [0.25, 0.3) is 0 Å². The van der Waals surface area contributed by atoms with E-state index < -0.39 is 0 Å². The van der Waals surface area contributed by atoms with E-state index in [1.54, 1.807) is 0 Å². The molecule has 1 aromatic heterocycles. The highest BCUT2D eigenvalue weighted by molar-refractivity contribution is 8.01. The summed E-state index contributed by atoms with van der Waals surface area (Å²) in [6.07, 6.45) is 9.60. The Morgan fingerprint density at radius 2 is 2.14 bits per heavy atom. The van der Waals surface area contributed by atoms with Gasteiger partial charge in [-0.1, -0.05) is 6.42 Å². The molecule has 1 unspecified atom stereocenters. The number of hydrogen-bond acceptors (Lipinski definition) is 5. The molecule has 4 nitrogen and oxygen atoms in total. The van der Waals surface area contributed by atoms with Gasteiger partial charge < -0.3 is 15.4 Å².